The molecular formula is C16H31O3. The van der Waals surface area contributed by atoms with Crippen molar-refractivity contribution in [2.75, 3.05) is 0 Å². The van der Waals surface area contributed by atoms with Gasteiger partial charge < -0.3 is 10.2 Å². The molecule has 2 N–H and O–H groups in total. The van der Waals surface area contributed by atoms with Gasteiger partial charge >= 0.3 is 5.97 Å². The van der Waals surface area contributed by atoms with Gasteiger partial charge in [0.05, 0.1) is 0 Å². The number of rotatable bonds is 13. The van der Waals surface area contributed by atoms with Gasteiger partial charge in [0.25, 0.3) is 0 Å². The zero-order chi connectivity index (χ0) is 14.6. The van der Waals surface area contributed by atoms with Crippen LogP contribution >= 0.6 is 0 Å². The molecule has 0 bridgehead atoms. The average Bonchev–Trinajstić information content (AvgIpc) is 2.35. The van der Waals surface area contributed by atoms with Gasteiger partial charge in [-0.15, -0.1) is 0 Å². The van der Waals surface area contributed by atoms with Gasteiger partial charge in [0, 0.05) is 6.42 Å². The first-order chi connectivity index (χ1) is 9.00. The highest BCUT2D eigenvalue weighted by molar-refractivity contribution is 5.78. The van der Waals surface area contributed by atoms with Crippen LogP contribution in [-0.4, -0.2) is 21.8 Å². The summed E-state index contributed by atoms with van der Waals surface area (Å²) in [5.74, 6) is -1.17. The topological polar surface area (TPSA) is 57.5 Å². The molecule has 0 aromatic carbocycles. The van der Waals surface area contributed by atoms with Crippen molar-refractivity contribution >= 4 is 5.97 Å². The van der Waals surface area contributed by atoms with Gasteiger partial charge in [-0.05, 0) is 13.3 Å². The largest absolute Gasteiger partial charge is 0.479 e. The third-order valence-corrected chi connectivity index (χ3v) is 3.53. The Hall–Kier alpha value is -0.570. The molecule has 0 fully saturated rings. The summed E-state index contributed by atoms with van der Waals surface area (Å²) in [6, 6.07) is 0. The van der Waals surface area contributed by atoms with Crippen molar-refractivity contribution in [3.8, 4) is 0 Å². The van der Waals surface area contributed by atoms with E-state index in [1.165, 1.54) is 64.7 Å². The molecule has 0 aliphatic rings. The summed E-state index contributed by atoms with van der Waals surface area (Å²) in [6.07, 6.45) is 14.8. The van der Waals surface area contributed by atoms with Crippen molar-refractivity contribution in [1.82, 2.24) is 0 Å². The molecule has 19 heavy (non-hydrogen) atoms. The van der Waals surface area contributed by atoms with E-state index in [1.807, 2.05) is 0 Å². The maximum Gasteiger partial charge on any atom is 0.335 e. The zero-order valence-corrected chi connectivity index (χ0v) is 12.7. The Morgan fingerprint density at radius 1 is 0.947 bits per heavy atom. The Morgan fingerprint density at radius 2 is 1.37 bits per heavy atom. The summed E-state index contributed by atoms with van der Waals surface area (Å²) < 4.78 is 0. The minimum atomic E-state index is -1.67. The summed E-state index contributed by atoms with van der Waals surface area (Å²) in [4.78, 5) is 10.7. The Bertz CT molecular complexity index is 224. The summed E-state index contributed by atoms with van der Waals surface area (Å²) in [6.45, 7) is 3.56. The van der Waals surface area contributed by atoms with Crippen molar-refractivity contribution in [1.29, 1.82) is 0 Å². The van der Waals surface area contributed by atoms with Gasteiger partial charge in [0.2, 0.25) is 0 Å². The molecule has 0 amide bonds. The van der Waals surface area contributed by atoms with E-state index in [4.69, 9.17) is 5.11 Å². The molecule has 1 unspecified atom stereocenters. The molecule has 1 radical (unpaired) electrons. The first kappa shape index (κ1) is 18.4. The molecular weight excluding hydrogens is 240 g/mol. The summed E-state index contributed by atoms with van der Waals surface area (Å²) >= 11 is 0. The Labute approximate surface area is 118 Å². The molecule has 0 saturated heterocycles. The normalized spacial score (nSPS) is 14.3. The molecule has 1 atom stereocenters. The molecule has 113 valence electrons. The van der Waals surface area contributed by atoms with Crippen molar-refractivity contribution in [2.45, 2.75) is 90.1 Å². The van der Waals surface area contributed by atoms with E-state index in [9.17, 15) is 9.90 Å². The van der Waals surface area contributed by atoms with Crippen molar-refractivity contribution in [3.05, 3.63) is 6.42 Å². The van der Waals surface area contributed by atoms with E-state index in [1.54, 1.807) is 0 Å². The minimum absolute atomic E-state index is 0.676. The minimum Gasteiger partial charge on any atom is -0.479 e. The fourth-order valence-electron chi connectivity index (χ4n) is 2.10. The number of unbranched alkanes of at least 4 members (excludes halogenated alkanes) is 10. The molecule has 0 aromatic heterocycles. The number of carbonyl (C=O) groups is 1. The molecule has 0 rings (SSSR count). The van der Waals surface area contributed by atoms with Crippen molar-refractivity contribution in [2.24, 2.45) is 0 Å². The summed E-state index contributed by atoms with van der Waals surface area (Å²) in [5.41, 5.74) is -1.67. The van der Waals surface area contributed by atoms with E-state index < -0.39 is 11.6 Å². The highest BCUT2D eigenvalue weighted by Gasteiger charge is 2.28. The van der Waals surface area contributed by atoms with Crippen LogP contribution in [0, 0.1) is 6.42 Å². The quantitative estimate of drug-likeness (QED) is 0.490. The van der Waals surface area contributed by atoms with Crippen molar-refractivity contribution in [3.63, 3.8) is 0 Å². The van der Waals surface area contributed by atoms with Gasteiger partial charge in [-0.25, -0.2) is 4.79 Å². The average molecular weight is 271 g/mol. The van der Waals surface area contributed by atoms with Gasteiger partial charge in [-0.2, -0.15) is 0 Å². The third kappa shape index (κ3) is 11.0. The number of aliphatic carboxylic acids is 1. The maximum absolute atomic E-state index is 10.7. The fourth-order valence-corrected chi connectivity index (χ4v) is 2.10. The van der Waals surface area contributed by atoms with Crippen LogP contribution in [0.2, 0.25) is 0 Å². The maximum atomic E-state index is 10.7. The Morgan fingerprint density at radius 3 is 1.79 bits per heavy atom. The lowest BCUT2D eigenvalue weighted by Crippen LogP contribution is -2.35. The number of hydrogen-bond acceptors (Lipinski definition) is 2. The van der Waals surface area contributed by atoms with Crippen LogP contribution in [0.5, 0.6) is 0 Å². The fraction of sp³-hybridized carbons (Fsp3) is 0.875. The Balaban J connectivity index is 3.21. The van der Waals surface area contributed by atoms with Crippen LogP contribution < -0.4 is 0 Å². The highest BCUT2D eigenvalue weighted by Crippen LogP contribution is 2.16. The smallest absolute Gasteiger partial charge is 0.335 e. The van der Waals surface area contributed by atoms with Gasteiger partial charge in [-0.3, -0.25) is 0 Å². The summed E-state index contributed by atoms with van der Waals surface area (Å²) in [7, 11) is 0. The van der Waals surface area contributed by atoms with Crippen LogP contribution in [-0.2, 0) is 4.79 Å². The van der Waals surface area contributed by atoms with Crippen LogP contribution in [0.1, 0.15) is 84.5 Å². The van der Waals surface area contributed by atoms with Gasteiger partial charge in [0.15, 0.2) is 5.60 Å². The zero-order valence-electron chi connectivity index (χ0n) is 12.7. The predicted octanol–water partition coefficient (Wildman–Crippen LogP) is 4.34. The second-order valence-electron chi connectivity index (χ2n) is 5.63. The molecule has 0 aromatic rings. The van der Waals surface area contributed by atoms with E-state index in [0.29, 0.717) is 6.42 Å². The number of carboxylic acid groups (broad SMARTS) is 1. The Kier molecular flexibility index (Phi) is 10.9. The molecule has 0 saturated carbocycles. The monoisotopic (exact) mass is 271 g/mol. The van der Waals surface area contributed by atoms with E-state index in [0.717, 1.165) is 12.8 Å². The van der Waals surface area contributed by atoms with Crippen LogP contribution in [0.4, 0.5) is 0 Å². The second kappa shape index (κ2) is 11.3. The molecule has 3 nitrogen and oxygen atoms in total. The SMILES string of the molecule is CCCCCCCCCCCC[CH]C(C)(O)C(=O)O. The standard InChI is InChI=1S/C16H31O3/c1-3-4-5-6-7-8-9-10-11-12-13-14-16(2,19)15(17)18/h14,19H,3-13H2,1-2H3,(H,17,18). The molecule has 3 heteroatoms. The molecule has 0 aliphatic heterocycles. The van der Waals surface area contributed by atoms with Crippen LogP contribution in [0.25, 0.3) is 0 Å². The number of aliphatic hydroxyl groups is 1. The summed E-state index contributed by atoms with van der Waals surface area (Å²) in [5, 5.41) is 18.2. The van der Waals surface area contributed by atoms with Crippen LogP contribution in [0.15, 0.2) is 0 Å². The lowest BCUT2D eigenvalue weighted by atomic mass is 9.97. The second-order valence-corrected chi connectivity index (χ2v) is 5.63. The van der Waals surface area contributed by atoms with E-state index in [-0.39, 0.29) is 0 Å². The number of hydrogen-bond donors (Lipinski definition) is 2. The van der Waals surface area contributed by atoms with Crippen LogP contribution in [0.3, 0.4) is 0 Å². The van der Waals surface area contributed by atoms with Gasteiger partial charge in [0.1, 0.15) is 0 Å². The predicted molar refractivity (Wildman–Crippen MR) is 79.0 cm³/mol. The first-order valence-electron chi connectivity index (χ1n) is 7.81. The number of carboxylic acids is 1. The van der Waals surface area contributed by atoms with E-state index in [2.05, 4.69) is 6.92 Å². The van der Waals surface area contributed by atoms with Gasteiger partial charge in [-0.1, -0.05) is 71.1 Å². The molecule has 0 heterocycles. The molecule has 0 spiro atoms. The van der Waals surface area contributed by atoms with Crippen molar-refractivity contribution < 1.29 is 15.0 Å². The highest BCUT2D eigenvalue weighted by atomic mass is 16.4. The third-order valence-electron chi connectivity index (χ3n) is 3.53. The molecule has 0 aliphatic carbocycles. The van der Waals surface area contributed by atoms with E-state index >= 15 is 0 Å². The lowest BCUT2D eigenvalue weighted by molar-refractivity contribution is -0.153. The first-order valence-corrected chi connectivity index (χ1v) is 7.81. The lowest BCUT2D eigenvalue weighted by Gasteiger charge is -2.16.